The van der Waals surface area contributed by atoms with Gasteiger partial charge in [0, 0.05) is 6.04 Å². The molecular formula is C16H22N2O4. The lowest BCUT2D eigenvalue weighted by molar-refractivity contribution is -0.123. The van der Waals surface area contributed by atoms with Crippen LogP contribution in [0.25, 0.3) is 0 Å². The summed E-state index contributed by atoms with van der Waals surface area (Å²) < 4.78 is 10.6. The largest absolute Gasteiger partial charge is 0.484 e. The van der Waals surface area contributed by atoms with Crippen molar-refractivity contribution in [2.24, 2.45) is 0 Å². The molecular weight excluding hydrogens is 284 g/mol. The predicted molar refractivity (Wildman–Crippen MR) is 81.8 cm³/mol. The van der Waals surface area contributed by atoms with Crippen molar-refractivity contribution < 1.29 is 19.1 Å². The molecule has 1 aromatic rings. The van der Waals surface area contributed by atoms with Gasteiger partial charge in [-0.1, -0.05) is 17.7 Å². The highest BCUT2D eigenvalue weighted by Gasteiger charge is 2.32. The number of nitrogens with one attached hydrogen (secondary N) is 1. The molecule has 1 saturated heterocycles. The lowest BCUT2D eigenvalue weighted by Gasteiger charge is -2.16. The van der Waals surface area contributed by atoms with Crippen LogP contribution in [-0.4, -0.2) is 48.7 Å². The van der Waals surface area contributed by atoms with Crippen LogP contribution < -0.4 is 10.1 Å². The van der Waals surface area contributed by atoms with E-state index in [2.05, 4.69) is 5.32 Å². The van der Waals surface area contributed by atoms with E-state index in [0.717, 1.165) is 5.56 Å². The second-order valence-corrected chi connectivity index (χ2v) is 5.66. The molecule has 1 aromatic carbocycles. The van der Waals surface area contributed by atoms with Crippen LogP contribution in [0.5, 0.6) is 5.75 Å². The third-order valence-corrected chi connectivity index (χ3v) is 3.44. The van der Waals surface area contributed by atoms with Crippen LogP contribution in [0.1, 0.15) is 19.4 Å². The van der Waals surface area contributed by atoms with Gasteiger partial charge in [0.15, 0.2) is 6.61 Å². The number of ether oxygens (including phenoxy) is 2. The smallest absolute Gasteiger partial charge is 0.410 e. The Morgan fingerprint density at radius 2 is 2.09 bits per heavy atom. The van der Waals surface area contributed by atoms with Gasteiger partial charge in [-0.15, -0.1) is 0 Å². The van der Waals surface area contributed by atoms with E-state index >= 15 is 0 Å². The summed E-state index contributed by atoms with van der Waals surface area (Å²) in [7, 11) is 0. The van der Waals surface area contributed by atoms with Crippen molar-refractivity contribution in [3.05, 3.63) is 29.8 Å². The lowest BCUT2D eigenvalue weighted by Crippen LogP contribution is -2.38. The number of amides is 2. The van der Waals surface area contributed by atoms with Crippen molar-refractivity contribution in [3.63, 3.8) is 0 Å². The fourth-order valence-corrected chi connectivity index (χ4v) is 2.13. The Morgan fingerprint density at radius 3 is 2.68 bits per heavy atom. The van der Waals surface area contributed by atoms with E-state index in [9.17, 15) is 9.59 Å². The summed E-state index contributed by atoms with van der Waals surface area (Å²) in [4.78, 5) is 25.0. The maximum Gasteiger partial charge on any atom is 0.410 e. The van der Waals surface area contributed by atoms with Crippen LogP contribution in [0.15, 0.2) is 24.3 Å². The summed E-state index contributed by atoms with van der Waals surface area (Å²) in [5, 5.41) is 2.72. The molecule has 1 heterocycles. The first kappa shape index (κ1) is 16.1. The van der Waals surface area contributed by atoms with Crippen molar-refractivity contribution in [3.8, 4) is 5.75 Å². The number of nitrogens with zero attached hydrogens (tertiary/aromatic N) is 1. The minimum Gasteiger partial charge on any atom is -0.484 e. The predicted octanol–water partition coefficient (Wildman–Crippen LogP) is 1.72. The maximum absolute atomic E-state index is 11.7. The van der Waals surface area contributed by atoms with Gasteiger partial charge in [0.05, 0.1) is 13.1 Å². The van der Waals surface area contributed by atoms with Crippen molar-refractivity contribution in [2.75, 3.05) is 19.7 Å². The van der Waals surface area contributed by atoms with E-state index < -0.39 is 0 Å². The summed E-state index contributed by atoms with van der Waals surface area (Å²) in [6.07, 6.45) is -0.636. The third kappa shape index (κ3) is 4.38. The molecule has 1 N–H and O–H groups in total. The van der Waals surface area contributed by atoms with Crippen LogP contribution in [-0.2, 0) is 9.53 Å². The molecule has 1 unspecified atom stereocenters. The lowest BCUT2D eigenvalue weighted by atomic mass is 10.2. The second kappa shape index (κ2) is 7.15. The average Bonchev–Trinajstić information content (AvgIpc) is 2.86. The number of hydrogen-bond donors (Lipinski definition) is 1. The quantitative estimate of drug-likeness (QED) is 0.869. The summed E-state index contributed by atoms with van der Waals surface area (Å²) in [5.41, 5.74) is 1.13. The molecule has 6 nitrogen and oxygen atoms in total. The van der Waals surface area contributed by atoms with Gasteiger partial charge in [0.25, 0.3) is 5.91 Å². The Kier molecular flexibility index (Phi) is 5.25. The first-order valence-electron chi connectivity index (χ1n) is 7.39. The molecule has 1 aliphatic heterocycles. The summed E-state index contributed by atoms with van der Waals surface area (Å²) in [5.74, 6) is 0.415. The summed E-state index contributed by atoms with van der Waals surface area (Å²) >= 11 is 0. The van der Waals surface area contributed by atoms with Gasteiger partial charge in [-0.2, -0.15) is 0 Å². The van der Waals surface area contributed by atoms with Crippen molar-refractivity contribution in [1.82, 2.24) is 10.2 Å². The fourth-order valence-electron chi connectivity index (χ4n) is 2.13. The van der Waals surface area contributed by atoms with Gasteiger partial charge in [-0.25, -0.2) is 4.79 Å². The highest BCUT2D eigenvalue weighted by molar-refractivity contribution is 5.77. The molecule has 120 valence electrons. The van der Waals surface area contributed by atoms with Crippen LogP contribution in [0, 0.1) is 6.92 Å². The van der Waals surface area contributed by atoms with E-state index in [0.29, 0.717) is 18.8 Å². The number of aryl methyl sites for hydroxylation is 1. The second-order valence-electron chi connectivity index (χ2n) is 5.66. The Labute approximate surface area is 130 Å². The maximum atomic E-state index is 11.7. The van der Waals surface area contributed by atoms with Gasteiger partial charge in [0.1, 0.15) is 11.9 Å². The van der Waals surface area contributed by atoms with Gasteiger partial charge < -0.3 is 19.7 Å². The zero-order chi connectivity index (χ0) is 16.1. The van der Waals surface area contributed by atoms with E-state index in [4.69, 9.17) is 9.47 Å². The molecule has 22 heavy (non-hydrogen) atoms. The number of hydrogen-bond acceptors (Lipinski definition) is 4. The molecule has 1 fully saturated rings. The summed E-state index contributed by atoms with van der Waals surface area (Å²) in [6.45, 7) is 6.58. The van der Waals surface area contributed by atoms with Crippen LogP contribution in [0.4, 0.5) is 4.79 Å². The van der Waals surface area contributed by atoms with Crippen molar-refractivity contribution in [2.45, 2.75) is 32.9 Å². The number of carbonyl (C=O) groups excluding carboxylic acids is 2. The van der Waals surface area contributed by atoms with E-state index in [1.807, 2.05) is 45.0 Å². The highest BCUT2D eigenvalue weighted by atomic mass is 16.6. The Hall–Kier alpha value is -2.24. The molecule has 1 aliphatic rings. The summed E-state index contributed by atoms with van der Waals surface area (Å²) in [6, 6.07) is 7.58. The highest BCUT2D eigenvalue weighted by Crippen LogP contribution is 2.14. The van der Waals surface area contributed by atoms with E-state index in [-0.39, 0.29) is 30.8 Å². The van der Waals surface area contributed by atoms with Crippen LogP contribution >= 0.6 is 0 Å². The van der Waals surface area contributed by atoms with Crippen LogP contribution in [0.2, 0.25) is 0 Å². The minimum absolute atomic E-state index is 0.0579. The van der Waals surface area contributed by atoms with Gasteiger partial charge in [0.2, 0.25) is 0 Å². The van der Waals surface area contributed by atoms with Crippen molar-refractivity contribution in [1.29, 1.82) is 0 Å². The number of rotatable bonds is 6. The number of cyclic esters (lactones) is 1. The average molecular weight is 306 g/mol. The molecule has 0 aliphatic carbocycles. The normalized spacial score (nSPS) is 17.5. The first-order valence-corrected chi connectivity index (χ1v) is 7.39. The SMILES string of the molecule is Cc1ccc(OCC(=O)NCC2CN(C(C)C)C(=O)O2)cc1. The zero-order valence-corrected chi connectivity index (χ0v) is 13.2. The Bertz CT molecular complexity index is 527. The molecule has 2 rings (SSSR count). The molecule has 0 aromatic heterocycles. The van der Waals surface area contributed by atoms with E-state index in [1.165, 1.54) is 0 Å². The Balaban J connectivity index is 1.70. The van der Waals surface area contributed by atoms with E-state index in [1.54, 1.807) is 4.90 Å². The molecule has 1 atom stereocenters. The molecule has 0 bridgehead atoms. The molecule has 6 heteroatoms. The molecule has 0 saturated carbocycles. The van der Waals surface area contributed by atoms with Gasteiger partial charge in [-0.3, -0.25) is 4.79 Å². The minimum atomic E-state index is -0.329. The topological polar surface area (TPSA) is 67.9 Å². The van der Waals surface area contributed by atoms with Gasteiger partial charge in [-0.05, 0) is 32.9 Å². The monoisotopic (exact) mass is 306 g/mol. The molecule has 0 spiro atoms. The Morgan fingerprint density at radius 1 is 1.41 bits per heavy atom. The van der Waals surface area contributed by atoms with Crippen molar-refractivity contribution >= 4 is 12.0 Å². The first-order chi connectivity index (χ1) is 10.5. The zero-order valence-electron chi connectivity index (χ0n) is 13.2. The fraction of sp³-hybridized carbons (Fsp3) is 0.500. The van der Waals surface area contributed by atoms with Crippen LogP contribution in [0.3, 0.4) is 0 Å². The molecule has 2 amide bonds. The standard InChI is InChI=1S/C16H22N2O4/c1-11(2)18-9-14(22-16(18)20)8-17-15(19)10-21-13-6-4-12(3)5-7-13/h4-7,11,14H,8-10H2,1-3H3,(H,17,19). The number of benzene rings is 1. The molecule has 0 radical (unpaired) electrons. The van der Waals surface area contributed by atoms with Gasteiger partial charge >= 0.3 is 6.09 Å². The third-order valence-electron chi connectivity index (χ3n) is 3.44. The number of carbonyl (C=O) groups is 2.